The Balaban J connectivity index is 1.49. The minimum atomic E-state index is -0.262. The van der Waals surface area contributed by atoms with Crippen molar-refractivity contribution in [3.63, 3.8) is 0 Å². The predicted molar refractivity (Wildman–Crippen MR) is 120 cm³/mol. The first kappa shape index (κ1) is 19.6. The van der Waals surface area contributed by atoms with E-state index in [1.54, 1.807) is 23.7 Å². The number of aryl methyl sites for hydroxylation is 3. The van der Waals surface area contributed by atoms with Crippen molar-refractivity contribution in [3.8, 4) is 22.5 Å². The van der Waals surface area contributed by atoms with E-state index in [9.17, 15) is 4.79 Å². The zero-order chi connectivity index (χ0) is 22.2. The van der Waals surface area contributed by atoms with Crippen molar-refractivity contribution in [1.29, 1.82) is 0 Å². The van der Waals surface area contributed by atoms with E-state index < -0.39 is 0 Å². The number of amides is 1. The number of carbonyl (C=O) groups excluding carboxylic acids is 1. The SMILES string of the molecule is Cc1nc(-c2ccc(C)c(NC(=O)c3cnc4ccc(-c5cnccc5C)cn34)c2)no1. The van der Waals surface area contributed by atoms with E-state index in [1.807, 2.05) is 62.6 Å². The van der Waals surface area contributed by atoms with Crippen LogP contribution in [-0.4, -0.2) is 30.4 Å². The number of imidazole rings is 1. The molecule has 1 amide bonds. The summed E-state index contributed by atoms with van der Waals surface area (Å²) in [5, 5.41) is 6.95. The smallest absolute Gasteiger partial charge is 0.274 e. The molecule has 0 atom stereocenters. The van der Waals surface area contributed by atoms with Crippen LogP contribution in [-0.2, 0) is 0 Å². The van der Waals surface area contributed by atoms with E-state index in [1.165, 1.54) is 0 Å². The standard InChI is InChI=1S/C24H20N6O2/c1-14-8-9-25-11-19(14)18-6-7-22-26-12-21(30(22)13-18)24(31)28-20-10-17(5-4-15(20)2)23-27-16(3)32-29-23/h4-13H,1-3H3,(H,28,31). The van der Waals surface area contributed by atoms with Crippen molar-refractivity contribution in [2.75, 3.05) is 5.32 Å². The highest BCUT2D eigenvalue weighted by Gasteiger charge is 2.16. The number of carbonyl (C=O) groups is 1. The quantitative estimate of drug-likeness (QED) is 0.452. The lowest BCUT2D eigenvalue weighted by atomic mass is 10.1. The summed E-state index contributed by atoms with van der Waals surface area (Å²) < 4.78 is 6.86. The lowest BCUT2D eigenvalue weighted by Crippen LogP contribution is -2.15. The minimum absolute atomic E-state index is 0.262. The second-order valence-electron chi connectivity index (χ2n) is 7.60. The molecular formula is C24H20N6O2. The Bertz CT molecular complexity index is 1470. The van der Waals surface area contributed by atoms with Crippen LogP contribution in [0, 0.1) is 20.8 Å². The third-order valence-electron chi connectivity index (χ3n) is 5.36. The molecule has 0 spiro atoms. The Morgan fingerprint density at radius 1 is 1.00 bits per heavy atom. The normalized spacial score (nSPS) is 11.1. The number of hydrogen-bond acceptors (Lipinski definition) is 6. The monoisotopic (exact) mass is 424 g/mol. The lowest BCUT2D eigenvalue weighted by Gasteiger charge is -2.10. The number of fused-ring (bicyclic) bond motifs is 1. The highest BCUT2D eigenvalue weighted by Crippen LogP contribution is 2.26. The summed E-state index contributed by atoms with van der Waals surface area (Å²) in [4.78, 5) is 26.0. The van der Waals surface area contributed by atoms with E-state index in [4.69, 9.17) is 4.52 Å². The van der Waals surface area contributed by atoms with E-state index in [0.29, 0.717) is 28.7 Å². The number of rotatable bonds is 4. The molecule has 8 heteroatoms. The molecule has 0 aliphatic carbocycles. The minimum Gasteiger partial charge on any atom is -0.339 e. The van der Waals surface area contributed by atoms with E-state index in [0.717, 1.165) is 27.8 Å². The molecular weight excluding hydrogens is 404 g/mol. The first-order chi connectivity index (χ1) is 15.5. The molecule has 0 radical (unpaired) electrons. The molecule has 8 nitrogen and oxygen atoms in total. The fourth-order valence-corrected chi connectivity index (χ4v) is 3.57. The van der Waals surface area contributed by atoms with Gasteiger partial charge in [-0.15, -0.1) is 0 Å². The Morgan fingerprint density at radius 3 is 2.62 bits per heavy atom. The summed E-state index contributed by atoms with van der Waals surface area (Å²) in [6.45, 7) is 5.70. The van der Waals surface area contributed by atoms with Gasteiger partial charge < -0.3 is 9.84 Å². The average Bonchev–Trinajstić information content (AvgIpc) is 3.41. The maximum Gasteiger partial charge on any atom is 0.274 e. The maximum atomic E-state index is 13.2. The highest BCUT2D eigenvalue weighted by atomic mass is 16.5. The van der Waals surface area contributed by atoms with Crippen LogP contribution in [0.15, 0.2) is 65.7 Å². The van der Waals surface area contributed by atoms with Gasteiger partial charge >= 0.3 is 0 Å². The molecule has 5 rings (SSSR count). The van der Waals surface area contributed by atoms with E-state index in [2.05, 4.69) is 25.4 Å². The zero-order valence-corrected chi connectivity index (χ0v) is 17.8. The summed E-state index contributed by atoms with van der Waals surface area (Å²) in [5.74, 6) is 0.697. The molecule has 1 aromatic carbocycles. The fourth-order valence-electron chi connectivity index (χ4n) is 3.57. The third kappa shape index (κ3) is 3.51. The van der Waals surface area contributed by atoms with Crippen LogP contribution in [0.1, 0.15) is 27.5 Å². The molecule has 0 unspecified atom stereocenters. The summed E-state index contributed by atoms with van der Waals surface area (Å²) in [5.41, 5.74) is 6.54. The van der Waals surface area contributed by atoms with Gasteiger partial charge in [-0.1, -0.05) is 17.3 Å². The Kier molecular flexibility index (Phi) is 4.74. The Labute approximate surface area is 184 Å². The summed E-state index contributed by atoms with van der Waals surface area (Å²) in [6, 6.07) is 11.5. The number of pyridine rings is 2. The number of hydrogen-bond donors (Lipinski definition) is 1. The van der Waals surface area contributed by atoms with Crippen LogP contribution in [0.5, 0.6) is 0 Å². The summed E-state index contributed by atoms with van der Waals surface area (Å²) >= 11 is 0. The van der Waals surface area contributed by atoms with E-state index >= 15 is 0 Å². The Morgan fingerprint density at radius 2 is 1.84 bits per heavy atom. The molecule has 32 heavy (non-hydrogen) atoms. The molecule has 1 N–H and O–H groups in total. The molecule has 0 aliphatic rings. The number of nitrogens with one attached hydrogen (secondary N) is 1. The summed E-state index contributed by atoms with van der Waals surface area (Å²) in [7, 11) is 0. The topological polar surface area (TPSA) is 98.2 Å². The Hall–Kier alpha value is -4.33. The van der Waals surface area contributed by atoms with Gasteiger partial charge in [0.25, 0.3) is 5.91 Å². The maximum absolute atomic E-state index is 13.2. The van der Waals surface area contributed by atoms with Crippen molar-refractivity contribution in [2.45, 2.75) is 20.8 Å². The van der Waals surface area contributed by atoms with Crippen LogP contribution >= 0.6 is 0 Å². The van der Waals surface area contributed by atoms with Gasteiger partial charge in [-0.05, 0) is 49.2 Å². The van der Waals surface area contributed by atoms with Gasteiger partial charge in [0, 0.05) is 47.9 Å². The molecule has 0 bridgehead atoms. The molecule has 0 fully saturated rings. The average molecular weight is 424 g/mol. The molecule has 5 aromatic rings. The molecule has 0 aliphatic heterocycles. The van der Waals surface area contributed by atoms with Gasteiger partial charge in [0.2, 0.25) is 11.7 Å². The van der Waals surface area contributed by atoms with Gasteiger partial charge in [0.1, 0.15) is 11.3 Å². The fraction of sp³-hybridized carbons (Fsp3) is 0.125. The summed E-state index contributed by atoms with van der Waals surface area (Å²) in [6.07, 6.45) is 7.07. The first-order valence-electron chi connectivity index (χ1n) is 10.1. The van der Waals surface area contributed by atoms with Crippen molar-refractivity contribution in [3.05, 3.63) is 83.9 Å². The predicted octanol–water partition coefficient (Wildman–Crippen LogP) is 4.62. The van der Waals surface area contributed by atoms with Gasteiger partial charge in [0.05, 0.1) is 6.20 Å². The molecule has 158 valence electrons. The molecule has 0 saturated carbocycles. The second kappa shape index (κ2) is 7.73. The van der Waals surface area contributed by atoms with Crippen LogP contribution in [0.25, 0.3) is 28.2 Å². The molecule has 4 heterocycles. The van der Waals surface area contributed by atoms with Crippen LogP contribution in [0.2, 0.25) is 0 Å². The molecule has 0 saturated heterocycles. The largest absolute Gasteiger partial charge is 0.339 e. The van der Waals surface area contributed by atoms with Crippen LogP contribution in [0.4, 0.5) is 5.69 Å². The number of benzene rings is 1. The number of nitrogens with zero attached hydrogens (tertiary/aromatic N) is 5. The van der Waals surface area contributed by atoms with Gasteiger partial charge in [0.15, 0.2) is 0 Å². The van der Waals surface area contributed by atoms with Crippen LogP contribution < -0.4 is 5.32 Å². The number of aromatic nitrogens is 5. The zero-order valence-electron chi connectivity index (χ0n) is 17.8. The van der Waals surface area contributed by atoms with Gasteiger partial charge in [-0.2, -0.15) is 4.98 Å². The second-order valence-corrected chi connectivity index (χ2v) is 7.60. The van der Waals surface area contributed by atoms with Crippen molar-refractivity contribution in [2.24, 2.45) is 0 Å². The first-order valence-corrected chi connectivity index (χ1v) is 10.1. The highest BCUT2D eigenvalue weighted by molar-refractivity contribution is 6.04. The van der Waals surface area contributed by atoms with E-state index in [-0.39, 0.29) is 5.91 Å². The van der Waals surface area contributed by atoms with Crippen LogP contribution in [0.3, 0.4) is 0 Å². The lowest BCUT2D eigenvalue weighted by molar-refractivity contribution is 0.102. The third-order valence-corrected chi connectivity index (χ3v) is 5.36. The van der Waals surface area contributed by atoms with Crippen molar-refractivity contribution < 1.29 is 9.32 Å². The van der Waals surface area contributed by atoms with Gasteiger partial charge in [-0.25, -0.2) is 4.98 Å². The molecule has 4 aromatic heterocycles. The number of anilines is 1. The van der Waals surface area contributed by atoms with Gasteiger partial charge in [-0.3, -0.25) is 14.2 Å². The van der Waals surface area contributed by atoms with Crippen molar-refractivity contribution >= 4 is 17.2 Å². The van der Waals surface area contributed by atoms with Crippen molar-refractivity contribution in [1.82, 2.24) is 24.5 Å².